The molecule has 0 atom stereocenters. The first-order valence-electron chi connectivity index (χ1n) is 21.1. The number of benzene rings is 7. The normalized spacial score (nSPS) is 12.7. The van der Waals surface area contributed by atoms with E-state index in [4.69, 9.17) is 4.98 Å². The minimum atomic E-state index is -0.767. The van der Waals surface area contributed by atoms with E-state index in [9.17, 15) is 0 Å². The van der Waals surface area contributed by atoms with Gasteiger partial charge in [-0.25, -0.2) is 4.98 Å². The molecule has 0 aliphatic carbocycles. The summed E-state index contributed by atoms with van der Waals surface area (Å²) in [4.78, 5) is 9.79. The third-order valence-corrected chi connectivity index (χ3v) is 12.4. The molecule has 0 saturated heterocycles. The van der Waals surface area contributed by atoms with E-state index in [1.165, 1.54) is 39.0 Å². The zero-order chi connectivity index (χ0) is 41.0. The number of hydrogen-bond donors (Lipinski definition) is 0. The van der Waals surface area contributed by atoms with Crippen LogP contribution < -0.4 is 9.80 Å². The molecule has 4 nitrogen and oxygen atoms in total. The van der Waals surface area contributed by atoms with E-state index in [2.05, 4.69) is 231 Å². The van der Waals surface area contributed by atoms with Gasteiger partial charge in [0.25, 0.3) is 0 Å². The molecule has 9 aromatic rings. The molecule has 0 saturated carbocycles. The molecular formula is C56H48N4Pt. The van der Waals surface area contributed by atoms with E-state index < -0.39 is 5.41 Å². The maximum atomic E-state index is 5.13. The fourth-order valence-electron chi connectivity index (χ4n) is 9.66. The van der Waals surface area contributed by atoms with Gasteiger partial charge < -0.3 is 14.4 Å². The summed E-state index contributed by atoms with van der Waals surface area (Å²) in [6.45, 7) is 9.89. The number of anilines is 3. The van der Waals surface area contributed by atoms with Gasteiger partial charge in [-0.15, -0.1) is 22.6 Å². The zero-order valence-electron chi connectivity index (χ0n) is 35.2. The van der Waals surface area contributed by atoms with Crippen LogP contribution in [0.5, 0.6) is 0 Å². The Morgan fingerprint density at radius 1 is 0.574 bits per heavy atom. The smallest absolute Gasteiger partial charge is 0.355 e. The van der Waals surface area contributed by atoms with Gasteiger partial charge >= 0.3 is 21.1 Å². The second kappa shape index (κ2) is 16.3. The number of pyridine rings is 1. The molecule has 0 fully saturated rings. The van der Waals surface area contributed by atoms with Crippen LogP contribution in [0.1, 0.15) is 72.9 Å². The van der Waals surface area contributed by atoms with Crippen LogP contribution >= 0.6 is 0 Å². The number of rotatable bonds is 9. The number of para-hydroxylation sites is 3. The van der Waals surface area contributed by atoms with Gasteiger partial charge in [-0.2, -0.15) is 36.4 Å². The number of nitrogens with zero attached hydrogens (tertiary/aromatic N) is 4. The predicted octanol–water partition coefficient (Wildman–Crippen LogP) is 13.6. The van der Waals surface area contributed by atoms with Crippen molar-refractivity contribution in [3.63, 3.8) is 0 Å². The van der Waals surface area contributed by atoms with Crippen molar-refractivity contribution in [3.8, 4) is 16.9 Å². The molecule has 0 amide bonds. The molecule has 1 aliphatic rings. The molecular weight excluding hydrogens is 924 g/mol. The number of hydrogen-bond acceptors (Lipinski definition) is 3. The average Bonchev–Trinajstić information content (AvgIpc) is 3.81. The van der Waals surface area contributed by atoms with Crippen molar-refractivity contribution in [2.45, 2.75) is 44.9 Å². The van der Waals surface area contributed by atoms with Crippen molar-refractivity contribution in [2.24, 2.45) is 0 Å². The van der Waals surface area contributed by atoms with E-state index in [-0.39, 0.29) is 21.1 Å². The molecule has 0 unspecified atom stereocenters. The molecule has 1 aliphatic heterocycles. The summed E-state index contributed by atoms with van der Waals surface area (Å²) >= 11 is 0. The molecule has 0 bridgehead atoms. The molecule has 2 aromatic heterocycles. The van der Waals surface area contributed by atoms with Crippen LogP contribution in [0, 0.1) is 12.1 Å². The summed E-state index contributed by atoms with van der Waals surface area (Å²) in [5.41, 5.74) is 14.3. The fourth-order valence-corrected chi connectivity index (χ4v) is 9.66. The predicted molar refractivity (Wildman–Crippen MR) is 250 cm³/mol. The van der Waals surface area contributed by atoms with E-state index in [0.717, 1.165) is 56.8 Å². The average molecular weight is 972 g/mol. The van der Waals surface area contributed by atoms with Crippen LogP contribution in [0.2, 0.25) is 0 Å². The minimum Gasteiger partial charge on any atom is -0.355 e. The molecule has 0 N–H and O–H groups in total. The first kappa shape index (κ1) is 40.2. The largest absolute Gasteiger partial charge is 2.00 e. The van der Waals surface area contributed by atoms with E-state index in [1.54, 1.807) is 0 Å². The molecule has 5 heteroatoms. The third kappa shape index (κ3) is 6.69. The second-order valence-corrected chi connectivity index (χ2v) is 16.7. The third-order valence-electron chi connectivity index (χ3n) is 12.4. The van der Waals surface area contributed by atoms with Crippen molar-refractivity contribution in [1.82, 2.24) is 9.55 Å². The van der Waals surface area contributed by atoms with Gasteiger partial charge in [-0.3, -0.25) is 0 Å². The summed E-state index contributed by atoms with van der Waals surface area (Å²) in [6.07, 6.45) is 1.98. The molecule has 10 rings (SSSR count). The quantitative estimate of drug-likeness (QED) is 0.106. The van der Waals surface area contributed by atoms with Gasteiger partial charge in [0, 0.05) is 24.2 Å². The Labute approximate surface area is 374 Å². The van der Waals surface area contributed by atoms with Crippen LogP contribution in [0.15, 0.2) is 176 Å². The summed E-state index contributed by atoms with van der Waals surface area (Å²) in [5.74, 6) is 1.62. The summed E-state index contributed by atoms with van der Waals surface area (Å²) in [5, 5.41) is 2.31. The summed E-state index contributed by atoms with van der Waals surface area (Å²) in [7, 11) is 2.15. The Morgan fingerprint density at radius 2 is 1.18 bits per heavy atom. The van der Waals surface area contributed by atoms with Crippen LogP contribution in [0.3, 0.4) is 0 Å². The minimum absolute atomic E-state index is 0. The van der Waals surface area contributed by atoms with E-state index in [0.29, 0.717) is 11.8 Å². The van der Waals surface area contributed by atoms with E-state index >= 15 is 0 Å². The summed E-state index contributed by atoms with van der Waals surface area (Å²) in [6, 6.07) is 69.7. The first-order chi connectivity index (χ1) is 29.3. The maximum absolute atomic E-state index is 5.13. The van der Waals surface area contributed by atoms with Crippen molar-refractivity contribution in [2.75, 3.05) is 23.5 Å². The van der Waals surface area contributed by atoms with Gasteiger partial charge in [-0.1, -0.05) is 148 Å². The Balaban J connectivity index is 0.00000476. The SMILES string of the molecule is CC(C)c1cccc(C(C)C)c1-c1ccnc(-n2c3[c-]c(C(c4[c-]c(N5CN(C)c6ccccc65)ccc4)(c4ccccc4)c4ccccc4)ccc3c3ccccc32)c1.[Pt+2]. The molecule has 302 valence electrons. The molecule has 61 heavy (non-hydrogen) atoms. The molecule has 0 spiro atoms. The van der Waals surface area contributed by atoms with Crippen LogP contribution in [0.25, 0.3) is 38.8 Å². The van der Waals surface area contributed by atoms with Crippen molar-refractivity contribution >= 4 is 38.9 Å². The fraction of sp³-hybridized carbons (Fsp3) is 0.161. The van der Waals surface area contributed by atoms with Gasteiger partial charge in [0.2, 0.25) is 0 Å². The van der Waals surface area contributed by atoms with Crippen molar-refractivity contribution < 1.29 is 21.1 Å². The topological polar surface area (TPSA) is 24.3 Å². The Kier molecular flexibility index (Phi) is 10.8. The van der Waals surface area contributed by atoms with Gasteiger partial charge in [0.05, 0.1) is 18.0 Å². The zero-order valence-corrected chi connectivity index (χ0v) is 37.5. The summed E-state index contributed by atoms with van der Waals surface area (Å²) < 4.78 is 2.32. The van der Waals surface area contributed by atoms with Gasteiger partial charge in [0.15, 0.2) is 0 Å². The monoisotopic (exact) mass is 971 g/mol. The standard InChI is InChI=1S/C56H48N4.Pt/c1-38(2)46-25-17-26-47(39(3)4)55(46)40-32-33-57-54(34-40)60-50-27-13-12-24-48(50)49-31-30-44(36-53(49)60)56(41-18-8-6-9-19-41,42-20-10-7-11-21-42)43-22-16-23-45(35-43)59-37-58(5)51-28-14-15-29-52(51)59;/h6-34,38-39H,37H2,1-5H3;/q-2;+2. The molecule has 3 heterocycles. The Bertz CT molecular complexity index is 2940. The number of fused-ring (bicyclic) bond motifs is 4. The maximum Gasteiger partial charge on any atom is 2.00 e. The van der Waals surface area contributed by atoms with Gasteiger partial charge in [-0.05, 0) is 80.9 Å². The van der Waals surface area contributed by atoms with Gasteiger partial charge in [0.1, 0.15) is 5.82 Å². The molecule has 0 radical (unpaired) electrons. The van der Waals surface area contributed by atoms with E-state index in [1.807, 2.05) is 6.20 Å². The molecule has 7 aromatic carbocycles. The number of aromatic nitrogens is 2. The van der Waals surface area contributed by atoms with Crippen molar-refractivity contribution in [3.05, 3.63) is 222 Å². The first-order valence-corrected chi connectivity index (χ1v) is 21.1. The Hall–Kier alpha value is -6.22. The van der Waals surface area contributed by atoms with Crippen LogP contribution in [-0.2, 0) is 26.5 Å². The second-order valence-electron chi connectivity index (χ2n) is 16.7. The Morgan fingerprint density at radius 3 is 1.87 bits per heavy atom. The van der Waals surface area contributed by atoms with Crippen molar-refractivity contribution in [1.29, 1.82) is 0 Å². The van der Waals surface area contributed by atoms with Crippen LogP contribution in [0.4, 0.5) is 17.1 Å². The van der Waals surface area contributed by atoms with Crippen LogP contribution in [-0.4, -0.2) is 23.3 Å².